The fraction of sp³-hybridized carbons (Fsp3) is 0.659. The number of unbranched alkanes of at least 4 members (excludes halogenated alkanes) is 7. The molecule has 51 heavy (non-hydrogen) atoms. The highest BCUT2D eigenvalue weighted by molar-refractivity contribution is 7.47. The predicted octanol–water partition coefficient (Wildman–Crippen LogP) is 10.3. The van der Waals surface area contributed by atoms with Gasteiger partial charge in [-0.1, -0.05) is 132 Å². The molecule has 2 atom stereocenters. The quantitative estimate of drug-likeness (QED) is 0.0233. The molecule has 0 radical (unpaired) electrons. The molecule has 2 unspecified atom stereocenters. The number of phosphoric acid groups is 1. The van der Waals surface area contributed by atoms with Gasteiger partial charge in [-0.25, -0.2) is 4.57 Å². The molecule has 0 aliphatic rings. The number of hydrogen-bond acceptors (Lipinski definition) is 7. The van der Waals surface area contributed by atoms with Crippen LogP contribution in [0.2, 0.25) is 0 Å². The average Bonchev–Trinajstić information content (AvgIpc) is 3.07. The maximum absolute atomic E-state index is 12.6. The fourth-order valence-electron chi connectivity index (χ4n) is 4.51. The van der Waals surface area contributed by atoms with Crippen molar-refractivity contribution in [3.05, 3.63) is 72.9 Å². The monoisotopic (exact) mass is 736 g/mol. The Bertz CT molecular complexity index is 1100. The summed E-state index contributed by atoms with van der Waals surface area (Å²) in [5.74, 6) is -0.910. The standard InChI is InChI=1S/C41H70NO8P/c1-6-8-10-12-14-16-17-18-19-20-21-22-23-24-25-26-28-30-32-34-41(44)50-39(38-49-51(45,46)48-36-35-42(3,4)5)37-47-40(43)33-31-29-27-15-13-11-9-7-2/h8,10,14,16,18-19,21-22,24-25,28,30,39H,6-7,9,11-13,15,17,20,23,26-27,29,31-38H2,1-5H3/p+1/b10-8-,16-14-,19-18-,22-21-,25-24-,30-28-. The molecule has 0 aromatic carbocycles. The second-order valence-electron chi connectivity index (χ2n) is 13.6. The Kier molecular flexibility index (Phi) is 31.6. The molecule has 0 aliphatic heterocycles. The molecule has 0 fully saturated rings. The van der Waals surface area contributed by atoms with Crippen LogP contribution in [0.5, 0.6) is 0 Å². The first-order valence-corrected chi connectivity index (χ1v) is 20.7. The highest BCUT2D eigenvalue weighted by Crippen LogP contribution is 2.43. The van der Waals surface area contributed by atoms with Gasteiger partial charge in [0.25, 0.3) is 0 Å². The molecule has 292 valence electrons. The summed E-state index contributed by atoms with van der Waals surface area (Å²) < 4.78 is 34.0. The van der Waals surface area contributed by atoms with Crippen LogP contribution in [0.3, 0.4) is 0 Å². The van der Waals surface area contributed by atoms with Crippen molar-refractivity contribution >= 4 is 19.8 Å². The first-order chi connectivity index (χ1) is 24.5. The van der Waals surface area contributed by atoms with Crippen LogP contribution in [0, 0.1) is 0 Å². The second-order valence-corrected chi connectivity index (χ2v) is 15.0. The van der Waals surface area contributed by atoms with Crippen LogP contribution in [-0.2, 0) is 32.7 Å². The van der Waals surface area contributed by atoms with Gasteiger partial charge in [0.1, 0.15) is 19.8 Å². The van der Waals surface area contributed by atoms with Gasteiger partial charge in [0, 0.05) is 12.8 Å². The number of hydrogen-bond donors (Lipinski definition) is 1. The first-order valence-electron chi connectivity index (χ1n) is 19.2. The van der Waals surface area contributed by atoms with Gasteiger partial charge in [-0.3, -0.25) is 18.6 Å². The lowest BCUT2D eigenvalue weighted by Gasteiger charge is -2.24. The molecular weight excluding hydrogens is 665 g/mol. The maximum atomic E-state index is 12.6. The molecule has 0 bridgehead atoms. The molecule has 9 nitrogen and oxygen atoms in total. The van der Waals surface area contributed by atoms with Gasteiger partial charge >= 0.3 is 19.8 Å². The number of allylic oxidation sites excluding steroid dienone is 12. The number of carbonyl (C=O) groups excluding carboxylic acids is 2. The van der Waals surface area contributed by atoms with E-state index < -0.39 is 32.5 Å². The van der Waals surface area contributed by atoms with E-state index in [0.717, 1.165) is 57.8 Å². The van der Waals surface area contributed by atoms with E-state index in [-0.39, 0.29) is 26.1 Å². The number of esters is 2. The van der Waals surface area contributed by atoms with Gasteiger partial charge in [-0.2, -0.15) is 0 Å². The fourth-order valence-corrected chi connectivity index (χ4v) is 5.25. The lowest BCUT2D eigenvalue weighted by molar-refractivity contribution is -0.870. The molecule has 10 heteroatoms. The van der Waals surface area contributed by atoms with Crippen molar-refractivity contribution in [3.63, 3.8) is 0 Å². The number of likely N-dealkylation sites (N-methyl/N-ethyl adjacent to an activating group) is 1. The number of rotatable bonds is 33. The zero-order chi connectivity index (χ0) is 37.9. The smallest absolute Gasteiger partial charge is 0.462 e. The van der Waals surface area contributed by atoms with E-state index in [9.17, 15) is 19.0 Å². The minimum atomic E-state index is -4.39. The molecule has 0 saturated carbocycles. The van der Waals surface area contributed by atoms with Crippen LogP contribution in [-0.4, -0.2) is 74.9 Å². The minimum absolute atomic E-state index is 0.0152. The topological polar surface area (TPSA) is 108 Å². The van der Waals surface area contributed by atoms with Crippen molar-refractivity contribution < 1.29 is 42.1 Å². The zero-order valence-electron chi connectivity index (χ0n) is 32.6. The van der Waals surface area contributed by atoms with Crippen LogP contribution >= 0.6 is 7.82 Å². The van der Waals surface area contributed by atoms with Crippen LogP contribution in [0.15, 0.2) is 72.9 Å². The van der Waals surface area contributed by atoms with Crippen molar-refractivity contribution in [3.8, 4) is 0 Å². The van der Waals surface area contributed by atoms with Crippen molar-refractivity contribution in [2.75, 3.05) is 47.5 Å². The van der Waals surface area contributed by atoms with Crippen LogP contribution < -0.4 is 0 Å². The molecule has 1 N–H and O–H groups in total. The molecule has 0 rings (SSSR count). The molecule has 0 aromatic rings. The summed E-state index contributed by atoms with van der Waals surface area (Å²) in [6.45, 7) is 4.15. The van der Waals surface area contributed by atoms with Gasteiger partial charge in [0.05, 0.1) is 27.7 Å². The number of phosphoric ester groups is 1. The lowest BCUT2D eigenvalue weighted by atomic mass is 10.1. The summed E-state index contributed by atoms with van der Waals surface area (Å²) >= 11 is 0. The Morgan fingerprint density at radius 3 is 1.63 bits per heavy atom. The third kappa shape index (κ3) is 37.0. The average molecular weight is 737 g/mol. The third-order valence-electron chi connectivity index (χ3n) is 7.51. The van der Waals surface area contributed by atoms with Gasteiger partial charge in [0.2, 0.25) is 0 Å². The Labute approximate surface area is 310 Å². The number of ether oxygens (including phenoxy) is 2. The number of carbonyl (C=O) groups is 2. The van der Waals surface area contributed by atoms with E-state index in [0.29, 0.717) is 17.4 Å². The normalized spacial score (nSPS) is 14.5. The Hall–Kier alpha value is -2.55. The molecule has 0 spiro atoms. The van der Waals surface area contributed by atoms with E-state index in [2.05, 4.69) is 74.6 Å². The summed E-state index contributed by atoms with van der Waals surface area (Å²) in [5.41, 5.74) is 0. The van der Waals surface area contributed by atoms with Crippen molar-refractivity contribution in [2.24, 2.45) is 0 Å². The largest absolute Gasteiger partial charge is 0.472 e. The molecule has 0 amide bonds. The zero-order valence-corrected chi connectivity index (χ0v) is 33.4. The molecule has 0 saturated heterocycles. The third-order valence-corrected chi connectivity index (χ3v) is 8.50. The molecular formula is C41H71NO8P+. The Morgan fingerprint density at radius 1 is 0.627 bits per heavy atom. The lowest BCUT2D eigenvalue weighted by Crippen LogP contribution is -2.37. The SMILES string of the molecule is CC/C=C\C/C=C\C/C=C\C/C=C\C/C=C\C/C=C\CCC(=O)OC(COC(=O)CCCCCCCCCC)COP(=O)(O)OCC[N+](C)(C)C. The van der Waals surface area contributed by atoms with E-state index in [1.165, 1.54) is 32.1 Å². The van der Waals surface area contributed by atoms with Gasteiger partial charge in [-0.15, -0.1) is 0 Å². The van der Waals surface area contributed by atoms with Gasteiger partial charge in [0.15, 0.2) is 6.10 Å². The Balaban J connectivity index is 4.55. The minimum Gasteiger partial charge on any atom is -0.462 e. The molecule has 0 aromatic heterocycles. The Morgan fingerprint density at radius 2 is 1.12 bits per heavy atom. The van der Waals surface area contributed by atoms with Gasteiger partial charge in [-0.05, 0) is 51.4 Å². The van der Waals surface area contributed by atoms with Crippen LogP contribution in [0.25, 0.3) is 0 Å². The maximum Gasteiger partial charge on any atom is 0.472 e. The highest BCUT2D eigenvalue weighted by Gasteiger charge is 2.27. The molecule has 0 heterocycles. The van der Waals surface area contributed by atoms with E-state index in [1.807, 2.05) is 33.3 Å². The summed E-state index contributed by atoms with van der Waals surface area (Å²) in [6.07, 6.45) is 39.8. The van der Waals surface area contributed by atoms with E-state index >= 15 is 0 Å². The van der Waals surface area contributed by atoms with Crippen molar-refractivity contribution in [1.82, 2.24) is 0 Å². The summed E-state index contributed by atoms with van der Waals surface area (Å²) in [7, 11) is 1.42. The van der Waals surface area contributed by atoms with Crippen molar-refractivity contribution in [2.45, 2.75) is 129 Å². The summed E-state index contributed by atoms with van der Waals surface area (Å²) in [5, 5.41) is 0. The summed E-state index contributed by atoms with van der Waals surface area (Å²) in [6, 6.07) is 0. The van der Waals surface area contributed by atoms with Crippen LogP contribution in [0.4, 0.5) is 0 Å². The number of quaternary nitrogens is 1. The van der Waals surface area contributed by atoms with Gasteiger partial charge < -0.3 is 18.9 Å². The highest BCUT2D eigenvalue weighted by atomic mass is 31.2. The van der Waals surface area contributed by atoms with E-state index in [4.69, 9.17) is 18.5 Å². The second kappa shape index (κ2) is 33.3. The van der Waals surface area contributed by atoms with E-state index in [1.54, 1.807) is 0 Å². The molecule has 0 aliphatic carbocycles. The number of nitrogens with zero attached hydrogens (tertiary/aromatic N) is 1. The first kappa shape index (κ1) is 48.5. The predicted molar refractivity (Wildman–Crippen MR) is 210 cm³/mol. The summed E-state index contributed by atoms with van der Waals surface area (Å²) in [4.78, 5) is 35.0. The van der Waals surface area contributed by atoms with Crippen LogP contribution in [0.1, 0.15) is 123 Å². The van der Waals surface area contributed by atoms with Crippen molar-refractivity contribution in [1.29, 1.82) is 0 Å².